The third-order valence-electron chi connectivity index (χ3n) is 2.88. The molecule has 5 N–H and O–H groups in total. The third-order valence-corrected chi connectivity index (χ3v) is 3.96. The zero-order valence-corrected chi connectivity index (χ0v) is 14.3. The number of aliphatic imine (C=N–C) groups is 1. The van der Waals surface area contributed by atoms with E-state index in [9.17, 15) is 18.0 Å². The predicted molar refractivity (Wildman–Crippen MR) is 92.2 cm³/mol. The van der Waals surface area contributed by atoms with Crippen LogP contribution >= 0.6 is 11.3 Å². The number of carboxylic acids is 1. The number of halogens is 3. The second kappa shape index (κ2) is 9.70. The molecule has 0 atom stereocenters. The minimum atomic E-state index is -5.08. The van der Waals surface area contributed by atoms with Crippen LogP contribution in [0.5, 0.6) is 0 Å². The summed E-state index contributed by atoms with van der Waals surface area (Å²) in [5.41, 5.74) is 11.3. The van der Waals surface area contributed by atoms with Crippen molar-refractivity contribution < 1.29 is 27.9 Å². The molecule has 7 nitrogen and oxygen atoms in total. The molecule has 1 aromatic heterocycles. The van der Waals surface area contributed by atoms with Crippen LogP contribution in [0, 0.1) is 0 Å². The Morgan fingerprint density at radius 2 is 1.81 bits per heavy atom. The van der Waals surface area contributed by atoms with E-state index >= 15 is 0 Å². The number of ketones is 1. The quantitative estimate of drug-likeness (QED) is 0.301. The molecule has 0 fully saturated rings. The first-order chi connectivity index (χ1) is 12.1. The molecule has 0 amide bonds. The molecule has 0 radical (unpaired) electrons. The van der Waals surface area contributed by atoms with Crippen LogP contribution in [0.2, 0.25) is 0 Å². The van der Waals surface area contributed by atoms with Crippen LogP contribution in [0.25, 0.3) is 10.2 Å². The van der Waals surface area contributed by atoms with Gasteiger partial charge in [0.1, 0.15) is 0 Å². The molecule has 0 saturated carbocycles. The molecule has 11 heteroatoms. The molecule has 142 valence electrons. The van der Waals surface area contributed by atoms with Crippen LogP contribution in [0.4, 0.5) is 13.2 Å². The minimum Gasteiger partial charge on any atom is -0.475 e. The first kappa shape index (κ1) is 21.4. The number of rotatable bonds is 6. The number of unbranched alkanes of at least 4 members (excludes halogenated alkanes) is 1. The van der Waals surface area contributed by atoms with Gasteiger partial charge in [-0.15, -0.1) is 11.3 Å². The number of para-hydroxylation sites is 1. The second-order valence-electron chi connectivity index (χ2n) is 4.98. The van der Waals surface area contributed by atoms with Gasteiger partial charge in [-0.25, -0.2) is 9.78 Å². The lowest BCUT2D eigenvalue weighted by molar-refractivity contribution is -0.192. The average Bonchev–Trinajstić information content (AvgIpc) is 2.98. The number of Topliss-reactive ketones (excluding diaryl/α,β-unsaturated/α-hetero) is 1. The molecule has 0 spiro atoms. The number of carbonyl (C=O) groups is 2. The van der Waals surface area contributed by atoms with Gasteiger partial charge in [-0.3, -0.25) is 9.79 Å². The second-order valence-corrected chi connectivity index (χ2v) is 6.01. The van der Waals surface area contributed by atoms with Crippen molar-refractivity contribution in [3.05, 3.63) is 29.3 Å². The van der Waals surface area contributed by atoms with Crippen LogP contribution in [-0.4, -0.2) is 40.5 Å². The van der Waals surface area contributed by atoms with E-state index in [1.54, 1.807) is 0 Å². The normalized spacial score (nSPS) is 10.7. The largest absolute Gasteiger partial charge is 0.490 e. The first-order valence-corrected chi connectivity index (χ1v) is 8.17. The number of aromatic nitrogens is 1. The zero-order valence-electron chi connectivity index (χ0n) is 13.5. The number of benzene rings is 1. The van der Waals surface area contributed by atoms with E-state index in [-0.39, 0.29) is 11.7 Å². The summed E-state index contributed by atoms with van der Waals surface area (Å²) in [6.07, 6.45) is -3.03. The lowest BCUT2D eigenvalue weighted by atomic mass is 10.2. The van der Waals surface area contributed by atoms with Crippen molar-refractivity contribution >= 4 is 39.3 Å². The highest BCUT2D eigenvalue weighted by Crippen LogP contribution is 2.22. The Morgan fingerprint density at radius 3 is 2.35 bits per heavy atom. The minimum absolute atomic E-state index is 0.0888. The molecule has 26 heavy (non-hydrogen) atoms. The summed E-state index contributed by atoms with van der Waals surface area (Å²) in [4.78, 5) is 29.1. The highest BCUT2D eigenvalue weighted by Gasteiger charge is 2.38. The summed E-state index contributed by atoms with van der Waals surface area (Å²) < 4.78 is 32.8. The van der Waals surface area contributed by atoms with E-state index in [4.69, 9.17) is 21.4 Å². The lowest BCUT2D eigenvalue weighted by Crippen LogP contribution is -2.22. The summed E-state index contributed by atoms with van der Waals surface area (Å²) >= 11 is 1.45. The Kier molecular flexibility index (Phi) is 7.97. The Hall–Kier alpha value is -2.69. The molecule has 0 aliphatic rings. The molecular weight excluding hydrogens is 373 g/mol. The highest BCUT2D eigenvalue weighted by atomic mass is 32.1. The van der Waals surface area contributed by atoms with Gasteiger partial charge in [0.25, 0.3) is 0 Å². The van der Waals surface area contributed by atoms with Crippen LogP contribution in [0.1, 0.15) is 29.1 Å². The van der Waals surface area contributed by atoms with Gasteiger partial charge in [-0.05, 0) is 25.0 Å². The first-order valence-electron chi connectivity index (χ1n) is 7.35. The number of carbonyl (C=O) groups excluding carboxylic acids is 1. The number of aliphatic carboxylic acids is 1. The van der Waals surface area contributed by atoms with Crippen molar-refractivity contribution in [2.45, 2.75) is 25.4 Å². The van der Waals surface area contributed by atoms with Gasteiger partial charge >= 0.3 is 12.1 Å². The van der Waals surface area contributed by atoms with Crippen molar-refractivity contribution in [3.8, 4) is 0 Å². The van der Waals surface area contributed by atoms with E-state index in [0.29, 0.717) is 18.0 Å². The number of nitrogens with zero attached hydrogens (tertiary/aromatic N) is 2. The van der Waals surface area contributed by atoms with E-state index in [2.05, 4.69) is 9.98 Å². The number of hydrogen-bond donors (Lipinski definition) is 3. The summed E-state index contributed by atoms with van der Waals surface area (Å²) in [5, 5.41) is 7.71. The molecule has 0 aliphatic carbocycles. The van der Waals surface area contributed by atoms with Gasteiger partial charge in [-0.2, -0.15) is 13.2 Å². The predicted octanol–water partition coefficient (Wildman–Crippen LogP) is 2.56. The van der Waals surface area contributed by atoms with Gasteiger partial charge in [-0.1, -0.05) is 12.1 Å². The highest BCUT2D eigenvalue weighted by molar-refractivity contribution is 7.20. The van der Waals surface area contributed by atoms with Gasteiger partial charge in [0.15, 0.2) is 16.8 Å². The number of carboxylic acid groups (broad SMARTS) is 1. The summed E-state index contributed by atoms with van der Waals surface area (Å²) in [6, 6.07) is 7.76. The fraction of sp³-hybridized carbons (Fsp3) is 0.333. The lowest BCUT2D eigenvalue weighted by Gasteiger charge is -1.96. The van der Waals surface area contributed by atoms with Crippen molar-refractivity contribution in [3.63, 3.8) is 0 Å². The fourth-order valence-corrected chi connectivity index (χ4v) is 2.64. The van der Waals surface area contributed by atoms with Gasteiger partial charge in [0.05, 0.1) is 10.2 Å². The Balaban J connectivity index is 0.000000412. The van der Waals surface area contributed by atoms with E-state index in [1.165, 1.54) is 11.3 Å². The average molecular weight is 390 g/mol. The number of alkyl halides is 3. The number of fused-ring (bicyclic) bond motifs is 1. The zero-order chi connectivity index (χ0) is 19.7. The number of nitrogens with two attached hydrogens (primary N) is 2. The maximum absolute atomic E-state index is 12.0. The monoisotopic (exact) mass is 390 g/mol. The van der Waals surface area contributed by atoms with Gasteiger partial charge in [0, 0.05) is 13.0 Å². The van der Waals surface area contributed by atoms with Crippen LogP contribution in [0.3, 0.4) is 0 Å². The van der Waals surface area contributed by atoms with Crippen LogP contribution in [-0.2, 0) is 4.79 Å². The summed E-state index contributed by atoms with van der Waals surface area (Å²) in [5.74, 6) is -2.57. The number of guanidine groups is 1. The SMILES string of the molecule is NC(N)=NCCCCC(=O)c1nc2ccccc2s1.O=C(O)C(F)(F)F. The van der Waals surface area contributed by atoms with Crippen molar-refractivity contribution in [1.29, 1.82) is 0 Å². The Morgan fingerprint density at radius 1 is 1.19 bits per heavy atom. The molecule has 2 rings (SSSR count). The van der Waals surface area contributed by atoms with E-state index in [1.807, 2.05) is 24.3 Å². The summed E-state index contributed by atoms with van der Waals surface area (Å²) in [7, 11) is 0. The third kappa shape index (κ3) is 7.47. The molecule has 0 unspecified atom stereocenters. The van der Waals surface area contributed by atoms with Crippen molar-refractivity contribution in [2.24, 2.45) is 16.5 Å². The van der Waals surface area contributed by atoms with Crippen molar-refractivity contribution in [1.82, 2.24) is 4.98 Å². The standard InChI is InChI=1S/C13H16N4OS.C2HF3O2/c14-13(15)16-8-4-3-6-10(18)12-17-9-5-1-2-7-11(9)19-12;3-2(4,5)1(6)7/h1-2,5,7H,3-4,6,8H2,(H4,14,15,16);(H,6,7). The smallest absolute Gasteiger partial charge is 0.475 e. The molecule has 1 heterocycles. The molecular formula is C15H17F3N4O3S. The molecule has 1 aromatic carbocycles. The van der Waals surface area contributed by atoms with Crippen molar-refractivity contribution in [2.75, 3.05) is 6.54 Å². The van der Waals surface area contributed by atoms with Gasteiger partial charge < -0.3 is 16.6 Å². The molecule has 0 aliphatic heterocycles. The fourth-order valence-electron chi connectivity index (χ4n) is 1.70. The Bertz CT molecular complexity index is 753. The van der Waals surface area contributed by atoms with Gasteiger partial charge in [0.2, 0.25) is 0 Å². The van der Waals surface area contributed by atoms with Crippen LogP contribution in [0.15, 0.2) is 29.3 Å². The molecule has 2 aromatic rings. The maximum atomic E-state index is 12.0. The number of hydrogen-bond acceptors (Lipinski definition) is 5. The summed E-state index contributed by atoms with van der Waals surface area (Å²) in [6.45, 7) is 0.565. The maximum Gasteiger partial charge on any atom is 0.490 e. The molecule has 0 saturated heterocycles. The molecule has 0 bridgehead atoms. The van der Waals surface area contributed by atoms with Crippen LogP contribution < -0.4 is 11.5 Å². The number of thiazole rings is 1. The van der Waals surface area contributed by atoms with E-state index in [0.717, 1.165) is 23.1 Å². The van der Waals surface area contributed by atoms with E-state index < -0.39 is 12.1 Å². The Labute approximate surface area is 150 Å². The topological polar surface area (TPSA) is 132 Å².